The van der Waals surface area contributed by atoms with Gasteiger partial charge in [-0.2, -0.15) is 0 Å². The van der Waals surface area contributed by atoms with E-state index >= 15 is 0 Å². The van der Waals surface area contributed by atoms with E-state index in [9.17, 15) is 19.8 Å². The van der Waals surface area contributed by atoms with Gasteiger partial charge in [-0.3, -0.25) is 14.9 Å². The minimum absolute atomic E-state index is 0.0667. The summed E-state index contributed by atoms with van der Waals surface area (Å²) in [6, 6.07) is 3.88. The number of hydrogen-bond acceptors (Lipinski definition) is 9. The minimum atomic E-state index is -0.902. The summed E-state index contributed by atoms with van der Waals surface area (Å²) in [5, 5.41) is 35.2. The van der Waals surface area contributed by atoms with Crippen molar-refractivity contribution in [2.24, 2.45) is 5.92 Å². The molecule has 2 unspecified atom stereocenters. The van der Waals surface area contributed by atoms with Crippen LogP contribution in [0.4, 0.5) is 0 Å². The van der Waals surface area contributed by atoms with Gasteiger partial charge in [0.05, 0.1) is 26.2 Å². The van der Waals surface area contributed by atoms with Crippen LogP contribution < -0.4 is 10.1 Å². The average molecular weight is 462 g/mol. The molecule has 1 fully saturated rings. The zero-order valence-electron chi connectivity index (χ0n) is 18.9. The van der Waals surface area contributed by atoms with Gasteiger partial charge < -0.3 is 19.7 Å². The molecule has 1 heterocycles. The number of aromatic nitrogens is 4. The van der Waals surface area contributed by atoms with Crippen LogP contribution in [0.15, 0.2) is 18.2 Å². The predicted octanol–water partition coefficient (Wildman–Crippen LogP) is 2.05. The van der Waals surface area contributed by atoms with Crippen molar-refractivity contribution in [1.29, 1.82) is 0 Å². The lowest BCUT2D eigenvalue weighted by atomic mass is 9.82. The number of aromatic hydroxyl groups is 1. The molecule has 3 rings (SSSR count). The second-order valence-corrected chi connectivity index (χ2v) is 8.13. The highest BCUT2D eigenvalue weighted by Gasteiger charge is 2.32. The largest absolute Gasteiger partial charge is 0.504 e. The van der Waals surface area contributed by atoms with Crippen LogP contribution in [0, 0.1) is 5.92 Å². The monoisotopic (exact) mass is 461 g/mol. The number of tetrazole rings is 1. The molecule has 0 spiro atoms. The van der Waals surface area contributed by atoms with Gasteiger partial charge in [0.25, 0.3) is 0 Å². The Labute approximate surface area is 192 Å². The molecule has 3 N–H and O–H groups in total. The number of methoxy groups -OCH3 is 1. The van der Waals surface area contributed by atoms with E-state index in [1.54, 1.807) is 19.1 Å². The SMILES string of the molecule is CCOC(=O)Cn1nnnc1C(NC(CC(=O)O)C1CCCCC1)c1ccc(OC)c(O)c1. The molecule has 1 aliphatic carbocycles. The Kier molecular flexibility index (Phi) is 8.58. The number of nitrogens with zero attached hydrogens (tertiary/aromatic N) is 4. The second-order valence-electron chi connectivity index (χ2n) is 8.13. The Bertz CT molecular complexity index is 943. The normalized spacial score (nSPS) is 16.2. The molecule has 2 atom stereocenters. The number of phenolic OH excluding ortho intramolecular Hbond substituents is 1. The number of phenols is 1. The molecule has 180 valence electrons. The predicted molar refractivity (Wildman–Crippen MR) is 117 cm³/mol. The molecule has 0 radical (unpaired) electrons. The van der Waals surface area contributed by atoms with Crippen molar-refractivity contribution >= 4 is 11.9 Å². The lowest BCUT2D eigenvalue weighted by Crippen LogP contribution is -2.42. The highest BCUT2D eigenvalue weighted by Crippen LogP contribution is 2.34. The van der Waals surface area contributed by atoms with Crippen molar-refractivity contribution in [2.75, 3.05) is 13.7 Å². The Morgan fingerprint density at radius 1 is 1.27 bits per heavy atom. The van der Waals surface area contributed by atoms with Crippen LogP contribution in [0.25, 0.3) is 0 Å². The molecule has 0 saturated heterocycles. The third-order valence-electron chi connectivity index (χ3n) is 5.93. The number of benzene rings is 1. The number of carbonyl (C=O) groups excluding carboxylic acids is 1. The summed E-state index contributed by atoms with van der Waals surface area (Å²) < 4.78 is 11.5. The van der Waals surface area contributed by atoms with Crippen molar-refractivity contribution < 1.29 is 29.3 Å². The molecule has 0 bridgehead atoms. The lowest BCUT2D eigenvalue weighted by Gasteiger charge is -2.33. The number of nitrogens with one attached hydrogen (secondary N) is 1. The van der Waals surface area contributed by atoms with Crippen LogP contribution in [0.3, 0.4) is 0 Å². The van der Waals surface area contributed by atoms with E-state index in [4.69, 9.17) is 9.47 Å². The molecular formula is C22H31N5O6. The highest BCUT2D eigenvalue weighted by molar-refractivity contribution is 5.69. The van der Waals surface area contributed by atoms with Gasteiger partial charge in [-0.15, -0.1) is 5.10 Å². The first-order valence-corrected chi connectivity index (χ1v) is 11.2. The summed E-state index contributed by atoms with van der Waals surface area (Å²) in [7, 11) is 1.45. The van der Waals surface area contributed by atoms with Crippen molar-refractivity contribution in [3.63, 3.8) is 0 Å². The number of aliphatic carboxylic acids is 1. The van der Waals surface area contributed by atoms with Gasteiger partial charge in [-0.25, -0.2) is 4.68 Å². The van der Waals surface area contributed by atoms with E-state index in [2.05, 4.69) is 20.8 Å². The fourth-order valence-corrected chi connectivity index (χ4v) is 4.37. The van der Waals surface area contributed by atoms with Crippen molar-refractivity contribution in [1.82, 2.24) is 25.5 Å². The lowest BCUT2D eigenvalue weighted by molar-refractivity contribution is -0.144. The zero-order valence-corrected chi connectivity index (χ0v) is 18.9. The second kappa shape index (κ2) is 11.6. The molecule has 2 aromatic rings. The fraction of sp³-hybridized carbons (Fsp3) is 0.591. The van der Waals surface area contributed by atoms with Crippen molar-refractivity contribution in [2.45, 2.75) is 64.1 Å². The summed E-state index contributed by atoms with van der Waals surface area (Å²) in [5.74, 6) is -0.661. The van der Waals surface area contributed by atoms with E-state index in [0.717, 1.165) is 32.1 Å². The number of carbonyl (C=O) groups is 2. The van der Waals surface area contributed by atoms with Gasteiger partial charge in [-0.05, 0) is 53.8 Å². The maximum absolute atomic E-state index is 12.1. The van der Waals surface area contributed by atoms with Gasteiger partial charge in [0.2, 0.25) is 0 Å². The number of esters is 1. The minimum Gasteiger partial charge on any atom is -0.504 e. The molecule has 11 heteroatoms. The van der Waals surface area contributed by atoms with Gasteiger partial charge in [-0.1, -0.05) is 25.3 Å². The summed E-state index contributed by atoms with van der Waals surface area (Å²) >= 11 is 0. The Morgan fingerprint density at radius 2 is 2.03 bits per heavy atom. The quantitative estimate of drug-likeness (QED) is 0.424. The van der Waals surface area contributed by atoms with Crippen LogP contribution in [0.1, 0.15) is 62.9 Å². The standard InChI is InChI=1S/C22H31N5O6/c1-3-33-20(31)13-27-22(24-25-26-27)21(15-9-10-18(32-2)17(28)11-15)23-16(12-19(29)30)14-7-5-4-6-8-14/h9-11,14,16,21,23,28H,3-8,12-13H2,1-2H3,(H,29,30). The Hall–Kier alpha value is -3.21. The van der Waals surface area contributed by atoms with Crippen molar-refractivity contribution in [3.05, 3.63) is 29.6 Å². The molecule has 1 aromatic carbocycles. The number of carboxylic acid groups (broad SMARTS) is 1. The molecule has 0 aliphatic heterocycles. The first-order chi connectivity index (χ1) is 15.9. The summed E-state index contributed by atoms with van der Waals surface area (Å²) in [6.07, 6.45) is 5.04. The number of carboxylic acids is 1. The Balaban J connectivity index is 1.98. The van der Waals surface area contributed by atoms with Gasteiger partial charge in [0.1, 0.15) is 6.54 Å². The molecule has 1 aliphatic rings. The van der Waals surface area contributed by atoms with Gasteiger partial charge >= 0.3 is 11.9 Å². The summed E-state index contributed by atoms with van der Waals surface area (Å²) in [4.78, 5) is 23.8. The molecule has 11 nitrogen and oxygen atoms in total. The first-order valence-electron chi connectivity index (χ1n) is 11.2. The first kappa shape index (κ1) is 24.4. The fourth-order valence-electron chi connectivity index (χ4n) is 4.37. The van der Waals surface area contributed by atoms with E-state index in [-0.39, 0.29) is 37.3 Å². The molecular weight excluding hydrogens is 430 g/mol. The van der Waals surface area contributed by atoms with Crippen LogP contribution in [-0.2, 0) is 20.9 Å². The summed E-state index contributed by atoms with van der Waals surface area (Å²) in [5.41, 5.74) is 0.611. The average Bonchev–Trinajstić information content (AvgIpc) is 3.24. The molecule has 33 heavy (non-hydrogen) atoms. The topological polar surface area (TPSA) is 149 Å². The summed E-state index contributed by atoms with van der Waals surface area (Å²) in [6.45, 7) is 1.75. The number of ether oxygens (including phenoxy) is 2. The maximum Gasteiger partial charge on any atom is 0.327 e. The van der Waals surface area contributed by atoms with Crippen LogP contribution in [0.5, 0.6) is 11.5 Å². The van der Waals surface area contributed by atoms with Crippen LogP contribution in [0.2, 0.25) is 0 Å². The van der Waals surface area contributed by atoms with Gasteiger partial charge in [0, 0.05) is 6.04 Å². The molecule has 1 aromatic heterocycles. The number of hydrogen-bond donors (Lipinski definition) is 3. The van der Waals surface area contributed by atoms with Gasteiger partial charge in [0.15, 0.2) is 17.3 Å². The molecule has 0 amide bonds. The third-order valence-corrected chi connectivity index (χ3v) is 5.93. The van der Waals surface area contributed by atoms with Crippen LogP contribution in [-0.4, -0.2) is 62.1 Å². The van der Waals surface area contributed by atoms with Crippen molar-refractivity contribution in [3.8, 4) is 11.5 Å². The van der Waals surface area contributed by atoms with Crippen LogP contribution >= 0.6 is 0 Å². The number of rotatable bonds is 11. The highest BCUT2D eigenvalue weighted by atomic mass is 16.5. The smallest absolute Gasteiger partial charge is 0.327 e. The Morgan fingerprint density at radius 3 is 2.67 bits per heavy atom. The van der Waals surface area contributed by atoms with E-state index in [1.807, 2.05) is 0 Å². The third kappa shape index (κ3) is 6.41. The van der Waals surface area contributed by atoms with E-state index in [1.165, 1.54) is 17.9 Å². The van der Waals surface area contributed by atoms with E-state index < -0.39 is 18.0 Å². The zero-order chi connectivity index (χ0) is 23.8. The maximum atomic E-state index is 12.1. The van der Waals surface area contributed by atoms with E-state index in [0.29, 0.717) is 17.1 Å². The molecule has 1 saturated carbocycles.